The number of nitrogens with two attached hydrogens (primary N) is 2. The zero-order valence-corrected chi connectivity index (χ0v) is 22.7. The Morgan fingerprint density at radius 1 is 0.735 bits per heavy atom. The van der Waals surface area contributed by atoms with Crippen LogP contribution in [0.1, 0.15) is 59.3 Å². The Bertz CT molecular complexity index is 641. The molecule has 2 amide bonds. The fourth-order valence-electron chi connectivity index (χ4n) is 2.03. The number of hydrogen-bond donors (Lipinski definition) is 4. The van der Waals surface area contributed by atoms with Crippen molar-refractivity contribution >= 4 is 79.2 Å². The van der Waals surface area contributed by atoms with Gasteiger partial charge in [-0.15, -0.1) is 0 Å². The fourth-order valence-corrected chi connectivity index (χ4v) is 2.35. The van der Waals surface area contributed by atoms with Crippen molar-refractivity contribution in [2.75, 3.05) is 7.05 Å². The largest absolute Gasteiger partial charge is 0.359 e. The molecule has 2 fully saturated rings. The summed E-state index contributed by atoms with van der Waals surface area (Å²) in [7, 11) is 1.53. The number of nitrogens with one attached hydrogen (secondary N) is 2. The summed E-state index contributed by atoms with van der Waals surface area (Å²) in [4.78, 5) is 59.9. The minimum absolute atomic E-state index is 0.0558. The molecule has 2 aliphatic rings. The molecule has 6 N–H and O–H groups in total. The third-order valence-electron chi connectivity index (χ3n) is 4.23. The summed E-state index contributed by atoms with van der Waals surface area (Å²) >= 11 is 18.7. The third-order valence-corrected chi connectivity index (χ3v) is 4.49. The predicted molar refractivity (Wildman–Crippen MR) is 134 cm³/mol. The van der Waals surface area contributed by atoms with E-state index in [1.54, 1.807) is 0 Å². The van der Waals surface area contributed by atoms with E-state index >= 15 is 0 Å². The summed E-state index contributed by atoms with van der Waals surface area (Å²) in [6, 6.07) is 0.909. The maximum atomic E-state index is 11.2. The van der Waals surface area contributed by atoms with Crippen molar-refractivity contribution in [3.63, 3.8) is 0 Å². The summed E-state index contributed by atoms with van der Waals surface area (Å²) in [5.41, 5.74) is 10.8. The Hall–Kier alpha value is -1.30. The maximum absolute atomic E-state index is 11.2. The second kappa shape index (κ2) is 22.2. The van der Waals surface area contributed by atoms with E-state index in [1.807, 2.05) is 0 Å². The van der Waals surface area contributed by atoms with E-state index in [0.29, 0.717) is 18.0 Å². The minimum atomic E-state index is -0.722. The quantitative estimate of drug-likeness (QED) is 0.287. The molecule has 0 bridgehead atoms. The molecule has 4 atom stereocenters. The number of hydrogen-bond acceptors (Lipinski definition) is 8. The summed E-state index contributed by atoms with van der Waals surface area (Å²) in [6.45, 7) is 4.69. The molecule has 34 heavy (non-hydrogen) atoms. The molecule has 0 aliphatic heterocycles. The lowest BCUT2D eigenvalue weighted by atomic mass is 9.81. The van der Waals surface area contributed by atoms with Crippen molar-refractivity contribution in [2.45, 2.75) is 77.4 Å². The monoisotopic (exact) mass is 566 g/mol. The van der Waals surface area contributed by atoms with E-state index in [0.717, 1.165) is 19.3 Å². The molecular formula is C20H34Cl4N4O6. The van der Waals surface area contributed by atoms with Crippen LogP contribution in [0.25, 0.3) is 0 Å². The van der Waals surface area contributed by atoms with Crippen LogP contribution >= 0.6 is 46.4 Å². The lowest BCUT2D eigenvalue weighted by Gasteiger charge is -2.34. The molecule has 0 aromatic carbocycles. The molecule has 0 aromatic rings. The maximum Gasteiger partial charge on any atom is 0.230 e. The molecule has 0 saturated heterocycles. The van der Waals surface area contributed by atoms with Gasteiger partial charge in [0.1, 0.15) is 6.42 Å². The molecule has 0 radical (unpaired) electrons. The van der Waals surface area contributed by atoms with Gasteiger partial charge in [-0.1, -0.05) is 6.92 Å². The van der Waals surface area contributed by atoms with Crippen molar-refractivity contribution in [1.82, 2.24) is 10.6 Å². The minimum Gasteiger partial charge on any atom is -0.359 e. The van der Waals surface area contributed by atoms with E-state index in [2.05, 4.69) is 40.8 Å². The fraction of sp³-hybridized carbons (Fsp3) is 0.700. The lowest BCUT2D eigenvalue weighted by molar-refractivity contribution is -0.130. The molecule has 0 heterocycles. The smallest absolute Gasteiger partial charge is 0.230 e. The second-order valence-electron chi connectivity index (χ2n) is 7.31. The zero-order chi connectivity index (χ0) is 27.4. The van der Waals surface area contributed by atoms with Gasteiger partial charge < -0.3 is 22.1 Å². The van der Waals surface area contributed by atoms with Crippen LogP contribution in [0.5, 0.6) is 0 Å². The first-order chi connectivity index (χ1) is 15.5. The normalized spacial score (nSPS) is 21.1. The molecule has 2 aliphatic carbocycles. The Morgan fingerprint density at radius 3 is 1.26 bits per heavy atom. The van der Waals surface area contributed by atoms with Crippen molar-refractivity contribution in [1.29, 1.82) is 0 Å². The van der Waals surface area contributed by atoms with Crippen LogP contribution in [0.4, 0.5) is 0 Å². The Balaban J connectivity index is -0.000000389. The van der Waals surface area contributed by atoms with E-state index in [-0.39, 0.29) is 41.2 Å². The molecule has 2 rings (SSSR count). The first-order valence-corrected chi connectivity index (χ1v) is 11.7. The number of carbonyl (C=O) groups is 6. The van der Waals surface area contributed by atoms with Crippen LogP contribution in [0.2, 0.25) is 0 Å². The highest BCUT2D eigenvalue weighted by atomic mass is 35.5. The highest BCUT2D eigenvalue weighted by Crippen LogP contribution is 2.26. The topological polar surface area (TPSA) is 179 Å². The molecule has 198 valence electrons. The molecular weight excluding hydrogens is 534 g/mol. The van der Waals surface area contributed by atoms with E-state index < -0.39 is 10.5 Å². The summed E-state index contributed by atoms with van der Waals surface area (Å²) in [6.07, 6.45) is 4.02. The van der Waals surface area contributed by atoms with Gasteiger partial charge in [-0.05, 0) is 78.0 Å². The highest BCUT2D eigenvalue weighted by Gasteiger charge is 2.28. The van der Waals surface area contributed by atoms with Crippen molar-refractivity contribution < 1.29 is 28.8 Å². The van der Waals surface area contributed by atoms with E-state index in [9.17, 15) is 28.8 Å². The molecule has 4 unspecified atom stereocenters. The van der Waals surface area contributed by atoms with Gasteiger partial charge in [0.05, 0.1) is 6.42 Å². The van der Waals surface area contributed by atoms with Crippen molar-refractivity contribution in [3.8, 4) is 0 Å². The van der Waals surface area contributed by atoms with Crippen LogP contribution < -0.4 is 22.1 Å². The Morgan fingerprint density at radius 2 is 1.12 bits per heavy atom. The molecule has 14 heteroatoms. The first-order valence-electron chi connectivity index (χ1n) is 10.2. The molecule has 0 aromatic heterocycles. The molecule has 2 saturated carbocycles. The average molecular weight is 568 g/mol. The van der Waals surface area contributed by atoms with Gasteiger partial charge >= 0.3 is 0 Å². The van der Waals surface area contributed by atoms with E-state index in [1.165, 1.54) is 27.3 Å². The highest BCUT2D eigenvalue weighted by molar-refractivity contribution is 6.72. The van der Waals surface area contributed by atoms with Crippen molar-refractivity contribution in [3.05, 3.63) is 0 Å². The zero-order valence-electron chi connectivity index (χ0n) is 19.7. The summed E-state index contributed by atoms with van der Waals surface area (Å²) in [5, 5.41) is 3.08. The van der Waals surface area contributed by atoms with Crippen LogP contribution in [-0.2, 0) is 28.8 Å². The first kappa shape index (κ1) is 37.3. The Kier molecular flexibility index (Phi) is 24.3. The predicted octanol–water partition coefficient (Wildman–Crippen LogP) is 1.92. The third kappa shape index (κ3) is 28.7. The molecule has 10 nitrogen and oxygen atoms in total. The van der Waals surface area contributed by atoms with Crippen LogP contribution in [-0.4, -0.2) is 58.0 Å². The molecule has 0 spiro atoms. The lowest BCUT2D eigenvalue weighted by Crippen LogP contribution is -2.49. The number of carbonyl (C=O) groups excluding carboxylic acids is 6. The van der Waals surface area contributed by atoms with Crippen LogP contribution in [0.3, 0.4) is 0 Å². The SMILES string of the molecule is CC(=O)Cl.CC(=O)Cl.CNC(=O)CC(=O)NC1CCC1C.NC1CCC1N.O=C(Cl)CC(=O)Cl. The van der Waals surface area contributed by atoms with Gasteiger partial charge in [-0.25, -0.2) is 0 Å². The van der Waals surface area contributed by atoms with Gasteiger partial charge in [0.25, 0.3) is 0 Å². The van der Waals surface area contributed by atoms with Gasteiger partial charge in [0.15, 0.2) is 0 Å². The number of amides is 2. The van der Waals surface area contributed by atoms with Crippen molar-refractivity contribution in [2.24, 2.45) is 17.4 Å². The van der Waals surface area contributed by atoms with Crippen LogP contribution in [0, 0.1) is 5.92 Å². The average Bonchev–Trinajstić information content (AvgIpc) is 2.68. The van der Waals surface area contributed by atoms with Gasteiger partial charge in [-0.3, -0.25) is 28.8 Å². The number of rotatable bonds is 5. The summed E-state index contributed by atoms with van der Waals surface area (Å²) in [5.74, 6) is 0.161. The van der Waals surface area contributed by atoms with Gasteiger partial charge in [-0.2, -0.15) is 0 Å². The van der Waals surface area contributed by atoms with Gasteiger partial charge in [0, 0.05) is 39.0 Å². The van der Waals surface area contributed by atoms with Gasteiger partial charge in [0.2, 0.25) is 32.8 Å². The van der Waals surface area contributed by atoms with Crippen LogP contribution in [0.15, 0.2) is 0 Å². The number of halogens is 4. The van der Waals surface area contributed by atoms with E-state index in [4.69, 9.17) is 34.7 Å². The second-order valence-corrected chi connectivity index (χ2v) is 9.22. The Labute approximate surface area is 220 Å². The standard InChI is InChI=1S/C9H16N2O2.C4H10N2.C3H2Cl2O2.2C2H3ClO/c1-6-3-4-7(6)11-9(13)5-8(12)10-2;5-3-1-2-4(3)6;4-2(6)1-3(5)7;2*1-2(3)4/h6-7H,3-5H2,1-2H3,(H,10,12)(H,11,13);3-4H,1-2,5-6H2;1H2;2*1H3. The summed E-state index contributed by atoms with van der Waals surface area (Å²) < 4.78 is 0.